The molecule has 81 heavy (non-hydrogen) atoms. The largest absolute Gasteiger partial charge is 0.394 e. The molecule has 0 aromatic carbocycles. The van der Waals surface area contributed by atoms with Gasteiger partial charge in [0.25, 0.3) is 0 Å². The van der Waals surface area contributed by atoms with E-state index in [1.807, 2.05) is 6.08 Å². The van der Waals surface area contributed by atoms with Gasteiger partial charge in [0.05, 0.1) is 25.4 Å². The third-order valence-electron chi connectivity index (χ3n) is 15.3. The zero-order chi connectivity index (χ0) is 58.6. The van der Waals surface area contributed by atoms with Crippen LogP contribution in [-0.4, -0.2) is 87.5 Å². The summed E-state index contributed by atoms with van der Waals surface area (Å²) in [4.78, 5) is 13.1. The Morgan fingerprint density at radius 2 is 0.778 bits per heavy atom. The minimum Gasteiger partial charge on any atom is -0.394 e. The average Bonchev–Trinajstić information content (AvgIpc) is 3.49. The molecule has 1 aliphatic rings. The number of carbonyl (C=O) groups excluding carboxylic acids is 1. The van der Waals surface area contributed by atoms with Gasteiger partial charge in [0, 0.05) is 6.42 Å². The Balaban J connectivity index is 2.08. The normalized spacial score (nSPS) is 19.1. The van der Waals surface area contributed by atoms with E-state index in [9.17, 15) is 30.3 Å². The van der Waals surface area contributed by atoms with Crippen LogP contribution in [0.1, 0.15) is 284 Å². The van der Waals surface area contributed by atoms with Crippen LogP contribution in [0.3, 0.4) is 0 Å². The fourth-order valence-electron chi connectivity index (χ4n) is 10.1. The number of aliphatic hydroxyl groups is 5. The van der Waals surface area contributed by atoms with Crippen molar-refractivity contribution in [1.82, 2.24) is 5.32 Å². The third kappa shape index (κ3) is 48.9. The molecular formula is C72H125NO8. The zero-order valence-electron chi connectivity index (χ0n) is 52.0. The van der Waals surface area contributed by atoms with Crippen molar-refractivity contribution in [2.45, 2.75) is 326 Å². The summed E-state index contributed by atoms with van der Waals surface area (Å²) < 4.78 is 11.3. The van der Waals surface area contributed by atoms with Crippen LogP contribution in [0, 0.1) is 0 Å². The summed E-state index contributed by atoms with van der Waals surface area (Å²) in [7, 11) is 0. The van der Waals surface area contributed by atoms with E-state index >= 15 is 0 Å². The highest BCUT2D eigenvalue weighted by Crippen LogP contribution is 2.23. The maximum atomic E-state index is 13.1. The molecule has 1 amide bonds. The standard InChI is InChI=1S/C72H125NO8/c1-3-5-7-9-11-13-15-17-19-21-22-23-24-25-26-27-28-29-30-31-32-33-34-35-36-37-38-39-40-41-42-43-44-46-48-50-52-54-56-58-60-62-68(76)73-65(64-80-72-71(79)70(78)69(77)67(63-74)81-72)66(75)61-59-57-55-53-51-49-47-45-20-18-16-14-12-10-8-6-4-2/h5,7,11,13,17,19-20,22-23,25-26,28-29,45,51,53,59,61,65-67,69-72,74-75,77-79H,3-4,6,8-10,12,14-16,18,21,24,27,30-44,46-50,52,54-58,60,62-64H2,1-2H3,(H,73,76)/b7-5-,13-11-,19-17-,23-22-,26-25-,29-28-,45-20+,53-51+,61-59+. The predicted octanol–water partition coefficient (Wildman–Crippen LogP) is 18.1. The van der Waals surface area contributed by atoms with Gasteiger partial charge < -0.3 is 40.3 Å². The molecule has 9 nitrogen and oxygen atoms in total. The Labute approximate surface area is 497 Å². The minimum atomic E-state index is -1.58. The fourth-order valence-corrected chi connectivity index (χ4v) is 10.1. The lowest BCUT2D eigenvalue weighted by molar-refractivity contribution is -0.302. The Morgan fingerprint density at radius 1 is 0.432 bits per heavy atom. The van der Waals surface area contributed by atoms with E-state index in [1.165, 1.54) is 173 Å². The fraction of sp³-hybridized carbons (Fsp3) is 0.736. The van der Waals surface area contributed by atoms with Gasteiger partial charge in [0.2, 0.25) is 5.91 Å². The van der Waals surface area contributed by atoms with Gasteiger partial charge in [-0.15, -0.1) is 0 Å². The van der Waals surface area contributed by atoms with Gasteiger partial charge >= 0.3 is 0 Å². The number of hydrogen-bond acceptors (Lipinski definition) is 8. The first-order chi connectivity index (χ1) is 39.8. The average molecular weight is 1130 g/mol. The van der Waals surface area contributed by atoms with E-state index in [1.54, 1.807) is 6.08 Å². The Morgan fingerprint density at radius 3 is 1.19 bits per heavy atom. The van der Waals surface area contributed by atoms with Crippen molar-refractivity contribution in [2.24, 2.45) is 0 Å². The van der Waals surface area contributed by atoms with Gasteiger partial charge in [-0.1, -0.05) is 290 Å². The first-order valence-electron chi connectivity index (χ1n) is 33.6. The van der Waals surface area contributed by atoms with E-state index in [0.29, 0.717) is 6.42 Å². The van der Waals surface area contributed by atoms with Crippen LogP contribution in [0.5, 0.6) is 0 Å². The molecule has 0 spiro atoms. The molecule has 6 N–H and O–H groups in total. The molecule has 0 aromatic heterocycles. The number of hydrogen-bond donors (Lipinski definition) is 6. The molecule has 7 atom stereocenters. The number of carbonyl (C=O) groups is 1. The molecule has 1 saturated heterocycles. The van der Waals surface area contributed by atoms with E-state index in [2.05, 4.69) is 116 Å². The van der Waals surface area contributed by atoms with Crippen molar-refractivity contribution in [3.63, 3.8) is 0 Å². The molecule has 1 aliphatic heterocycles. The number of ether oxygens (including phenoxy) is 2. The van der Waals surface area contributed by atoms with Crippen LogP contribution in [0.25, 0.3) is 0 Å². The highest BCUT2D eigenvalue weighted by atomic mass is 16.7. The highest BCUT2D eigenvalue weighted by molar-refractivity contribution is 5.76. The van der Waals surface area contributed by atoms with E-state index in [0.717, 1.165) is 89.9 Å². The smallest absolute Gasteiger partial charge is 0.220 e. The topological polar surface area (TPSA) is 149 Å². The summed E-state index contributed by atoms with van der Waals surface area (Å²) in [6, 6.07) is -0.832. The summed E-state index contributed by atoms with van der Waals surface area (Å²) in [6.07, 6.45) is 82.0. The van der Waals surface area contributed by atoms with Gasteiger partial charge in [0.1, 0.15) is 24.4 Å². The highest BCUT2D eigenvalue weighted by Gasteiger charge is 2.44. The molecular weight excluding hydrogens is 1010 g/mol. The molecule has 1 rings (SSSR count). The molecule has 7 unspecified atom stereocenters. The number of aliphatic hydroxyl groups excluding tert-OH is 5. The summed E-state index contributed by atoms with van der Waals surface area (Å²) in [5.41, 5.74) is 0. The molecule has 0 radical (unpaired) electrons. The lowest BCUT2D eigenvalue weighted by Crippen LogP contribution is -2.60. The number of rotatable bonds is 57. The maximum Gasteiger partial charge on any atom is 0.220 e. The minimum absolute atomic E-state index is 0.190. The second-order valence-corrected chi connectivity index (χ2v) is 22.9. The van der Waals surface area contributed by atoms with Gasteiger partial charge in [-0.2, -0.15) is 0 Å². The van der Waals surface area contributed by atoms with Gasteiger partial charge in [-0.05, 0) is 96.3 Å². The lowest BCUT2D eigenvalue weighted by Gasteiger charge is -2.40. The number of unbranched alkanes of at least 4 members (excludes halogenated alkanes) is 31. The molecule has 1 heterocycles. The molecule has 466 valence electrons. The van der Waals surface area contributed by atoms with Crippen LogP contribution in [0.4, 0.5) is 0 Å². The number of nitrogens with one attached hydrogen (secondary N) is 1. The Hall–Kier alpha value is -3.15. The van der Waals surface area contributed by atoms with Gasteiger partial charge in [-0.25, -0.2) is 0 Å². The van der Waals surface area contributed by atoms with Gasteiger partial charge in [-0.3, -0.25) is 4.79 Å². The van der Waals surface area contributed by atoms with E-state index in [-0.39, 0.29) is 12.5 Å². The van der Waals surface area contributed by atoms with Crippen molar-refractivity contribution in [1.29, 1.82) is 0 Å². The Kier molecular flexibility index (Phi) is 56.2. The second kappa shape index (κ2) is 60.0. The van der Waals surface area contributed by atoms with Crippen molar-refractivity contribution in [3.8, 4) is 0 Å². The number of amides is 1. The third-order valence-corrected chi connectivity index (χ3v) is 15.3. The molecule has 0 saturated carbocycles. The van der Waals surface area contributed by atoms with Crippen molar-refractivity contribution < 1.29 is 39.8 Å². The molecule has 9 heteroatoms. The predicted molar refractivity (Wildman–Crippen MR) is 345 cm³/mol. The van der Waals surface area contributed by atoms with Gasteiger partial charge in [0.15, 0.2) is 6.29 Å². The van der Waals surface area contributed by atoms with Crippen molar-refractivity contribution >= 4 is 5.91 Å². The van der Waals surface area contributed by atoms with Crippen LogP contribution in [-0.2, 0) is 14.3 Å². The molecule has 1 fully saturated rings. The summed E-state index contributed by atoms with van der Waals surface area (Å²) in [5.74, 6) is -0.190. The van der Waals surface area contributed by atoms with E-state index in [4.69, 9.17) is 9.47 Å². The first-order valence-corrected chi connectivity index (χ1v) is 33.6. The van der Waals surface area contributed by atoms with E-state index < -0.39 is 49.5 Å². The van der Waals surface area contributed by atoms with Crippen LogP contribution < -0.4 is 5.32 Å². The van der Waals surface area contributed by atoms with Crippen LogP contribution >= 0.6 is 0 Å². The lowest BCUT2D eigenvalue weighted by atomic mass is 9.99. The van der Waals surface area contributed by atoms with Crippen molar-refractivity contribution in [2.75, 3.05) is 13.2 Å². The summed E-state index contributed by atoms with van der Waals surface area (Å²) in [5, 5.41) is 54.6. The first kappa shape index (κ1) is 75.9. The maximum absolute atomic E-state index is 13.1. The molecule has 0 bridgehead atoms. The molecule has 0 aromatic rings. The monoisotopic (exact) mass is 1130 g/mol. The second-order valence-electron chi connectivity index (χ2n) is 22.9. The molecule has 0 aliphatic carbocycles. The SMILES string of the molecule is CC/C=C\C/C=C\C/C=C\C/C=C\C/C=C\C/C=C\CCCCCCCCCCCCCCCCCCCCCCCCC(=O)NC(COC1OC(CO)C(O)C(O)C1O)C(O)/C=C/CC/C=C/CC/C=C/CCCCCCCCC. The van der Waals surface area contributed by atoms with Crippen molar-refractivity contribution in [3.05, 3.63) is 109 Å². The summed E-state index contributed by atoms with van der Waals surface area (Å²) in [6.45, 7) is 3.65. The Bertz CT molecular complexity index is 1640. The summed E-state index contributed by atoms with van der Waals surface area (Å²) >= 11 is 0. The van der Waals surface area contributed by atoms with Crippen LogP contribution in [0.2, 0.25) is 0 Å². The zero-order valence-corrected chi connectivity index (χ0v) is 52.0. The van der Waals surface area contributed by atoms with Crippen LogP contribution in [0.15, 0.2) is 109 Å². The number of allylic oxidation sites excluding steroid dienone is 17. The quantitative estimate of drug-likeness (QED) is 0.0261.